The summed E-state index contributed by atoms with van der Waals surface area (Å²) in [6.07, 6.45) is 1.45. The third-order valence-corrected chi connectivity index (χ3v) is 8.58. The van der Waals surface area contributed by atoms with E-state index in [0.29, 0.717) is 6.54 Å². The van der Waals surface area contributed by atoms with Crippen molar-refractivity contribution >= 4 is 21.8 Å². The highest BCUT2D eigenvalue weighted by Crippen LogP contribution is 2.63. The zero-order valence-electron chi connectivity index (χ0n) is 21.9. The van der Waals surface area contributed by atoms with Crippen molar-refractivity contribution in [1.29, 1.82) is 0 Å². The lowest BCUT2D eigenvalue weighted by molar-refractivity contribution is -0.125. The van der Waals surface area contributed by atoms with Gasteiger partial charge in [0.05, 0.1) is 10.9 Å². The van der Waals surface area contributed by atoms with Gasteiger partial charge in [-0.25, -0.2) is 13.2 Å². The van der Waals surface area contributed by atoms with Crippen molar-refractivity contribution in [1.82, 2.24) is 10.6 Å². The van der Waals surface area contributed by atoms with E-state index in [0.717, 1.165) is 23.1 Å². The van der Waals surface area contributed by atoms with E-state index in [9.17, 15) is 18.0 Å². The van der Waals surface area contributed by atoms with Crippen molar-refractivity contribution in [3.05, 3.63) is 102 Å². The second-order valence-corrected chi connectivity index (χ2v) is 12.3. The quantitative estimate of drug-likeness (QED) is 0.380. The van der Waals surface area contributed by atoms with Crippen LogP contribution in [-0.2, 0) is 32.5 Å². The monoisotopic (exact) mass is 534 g/mol. The molecule has 0 bridgehead atoms. The Morgan fingerprint density at radius 3 is 2.16 bits per heavy atom. The molecule has 2 amide bonds. The Labute approximate surface area is 224 Å². The standard InChI is InChI=1S/C30H34N2O5S/c1-21(28(33)31-19-22-14-16-25(17-15-22)38(3,35)36)26-18-30(26,2)27(24-12-8-5-9-13-24)32-29(34)37-20-23-10-6-4-7-11-23/h4-17,21,26-27H,18-20H2,1-3H3,(H,31,33)(H,32,34)/t21-,26+,27+,30-/m1/s1. The molecule has 200 valence electrons. The topological polar surface area (TPSA) is 102 Å². The average Bonchev–Trinajstić information content (AvgIpc) is 3.61. The first-order chi connectivity index (χ1) is 18.1. The highest BCUT2D eigenvalue weighted by Gasteiger charge is 2.59. The molecular formula is C30H34N2O5S. The van der Waals surface area contributed by atoms with Crippen molar-refractivity contribution in [3.8, 4) is 0 Å². The van der Waals surface area contributed by atoms with Crippen LogP contribution < -0.4 is 10.6 Å². The molecule has 0 radical (unpaired) electrons. The van der Waals surface area contributed by atoms with Crippen molar-refractivity contribution < 1.29 is 22.7 Å². The van der Waals surface area contributed by atoms with Crippen LogP contribution in [0.15, 0.2) is 89.8 Å². The molecule has 38 heavy (non-hydrogen) atoms. The van der Waals surface area contributed by atoms with Crippen molar-refractivity contribution in [2.24, 2.45) is 17.3 Å². The van der Waals surface area contributed by atoms with Crippen LogP contribution in [0.5, 0.6) is 0 Å². The van der Waals surface area contributed by atoms with Crippen LogP contribution in [0.3, 0.4) is 0 Å². The number of amides is 2. The SMILES string of the molecule is C[C@@H](C(=O)NCc1ccc(S(C)(=O)=O)cc1)[C@@H]1C[C@@]1(C)[C@@H](NC(=O)OCc1ccccc1)c1ccccc1. The molecule has 4 atom stereocenters. The summed E-state index contributed by atoms with van der Waals surface area (Å²) >= 11 is 0. The van der Waals surface area contributed by atoms with Crippen molar-refractivity contribution in [2.45, 2.75) is 44.4 Å². The number of benzene rings is 3. The van der Waals surface area contributed by atoms with Gasteiger partial charge >= 0.3 is 6.09 Å². The largest absolute Gasteiger partial charge is 0.445 e. The van der Waals surface area contributed by atoms with E-state index in [1.807, 2.05) is 67.6 Å². The van der Waals surface area contributed by atoms with E-state index < -0.39 is 15.9 Å². The van der Waals surface area contributed by atoms with Gasteiger partial charge in [-0.1, -0.05) is 86.6 Å². The predicted octanol–water partition coefficient (Wildman–Crippen LogP) is 5.04. The Morgan fingerprint density at radius 1 is 0.947 bits per heavy atom. The van der Waals surface area contributed by atoms with Crippen LogP contribution in [0, 0.1) is 17.3 Å². The number of hydrogen-bond donors (Lipinski definition) is 2. The fourth-order valence-corrected chi connectivity index (χ4v) is 5.67. The van der Waals surface area contributed by atoms with Gasteiger partial charge in [-0.3, -0.25) is 4.79 Å². The van der Waals surface area contributed by atoms with Gasteiger partial charge in [-0.2, -0.15) is 0 Å². The Bertz CT molecular complexity index is 1360. The normalized spacial score (nSPS) is 20.1. The molecule has 0 unspecified atom stereocenters. The minimum Gasteiger partial charge on any atom is -0.445 e. The highest BCUT2D eigenvalue weighted by molar-refractivity contribution is 7.90. The number of sulfone groups is 1. The minimum atomic E-state index is -3.26. The zero-order valence-corrected chi connectivity index (χ0v) is 22.7. The van der Waals surface area contributed by atoms with Gasteiger partial charge < -0.3 is 15.4 Å². The molecule has 1 aliphatic carbocycles. The molecule has 2 N–H and O–H groups in total. The minimum absolute atomic E-state index is 0.0646. The van der Waals surface area contributed by atoms with Gasteiger partial charge in [0.1, 0.15) is 6.61 Å². The smallest absolute Gasteiger partial charge is 0.407 e. The second-order valence-electron chi connectivity index (χ2n) is 10.3. The predicted molar refractivity (Wildman–Crippen MR) is 146 cm³/mol. The number of nitrogens with one attached hydrogen (secondary N) is 2. The lowest BCUT2D eigenvalue weighted by atomic mass is 9.86. The molecule has 0 aromatic heterocycles. The van der Waals surface area contributed by atoms with Gasteiger partial charge in [-0.05, 0) is 46.6 Å². The fraction of sp³-hybridized carbons (Fsp3) is 0.333. The molecule has 7 nitrogen and oxygen atoms in total. The molecule has 0 aliphatic heterocycles. The van der Waals surface area contributed by atoms with Crippen LogP contribution in [-0.4, -0.2) is 26.7 Å². The summed E-state index contributed by atoms with van der Waals surface area (Å²) < 4.78 is 28.8. The van der Waals surface area contributed by atoms with Gasteiger partial charge in [-0.15, -0.1) is 0 Å². The number of ether oxygens (including phenoxy) is 1. The molecule has 3 aromatic carbocycles. The van der Waals surface area contributed by atoms with Crippen LogP contribution in [0.1, 0.15) is 43.0 Å². The van der Waals surface area contributed by atoms with Crippen molar-refractivity contribution in [2.75, 3.05) is 6.26 Å². The van der Waals surface area contributed by atoms with Gasteiger partial charge in [0.2, 0.25) is 5.91 Å². The Kier molecular flexibility index (Phi) is 8.21. The molecule has 0 saturated heterocycles. The Hall–Kier alpha value is -3.65. The third-order valence-electron chi connectivity index (χ3n) is 7.45. The number of carbonyl (C=O) groups excluding carboxylic acids is 2. The molecule has 0 spiro atoms. The molecule has 1 fully saturated rings. The summed E-state index contributed by atoms with van der Waals surface area (Å²) in [6, 6.07) is 25.5. The average molecular weight is 535 g/mol. The Balaban J connectivity index is 1.39. The second kappa shape index (κ2) is 11.4. The lowest BCUT2D eigenvalue weighted by Gasteiger charge is -2.28. The maximum Gasteiger partial charge on any atom is 0.407 e. The van der Waals surface area contributed by atoms with E-state index >= 15 is 0 Å². The summed E-state index contributed by atoms with van der Waals surface area (Å²) in [6.45, 7) is 4.50. The van der Waals surface area contributed by atoms with Crippen LogP contribution in [0.2, 0.25) is 0 Å². The van der Waals surface area contributed by atoms with Crippen LogP contribution in [0.4, 0.5) is 4.79 Å². The molecule has 1 saturated carbocycles. The summed E-state index contributed by atoms with van der Waals surface area (Å²) in [5.74, 6) is -0.289. The highest BCUT2D eigenvalue weighted by atomic mass is 32.2. The lowest BCUT2D eigenvalue weighted by Crippen LogP contribution is -2.37. The van der Waals surface area contributed by atoms with E-state index in [-0.39, 0.29) is 40.7 Å². The molecule has 0 heterocycles. The number of alkyl carbamates (subject to hydrolysis) is 1. The Morgan fingerprint density at radius 2 is 1.55 bits per heavy atom. The zero-order chi connectivity index (χ0) is 27.3. The number of carbonyl (C=O) groups is 2. The van der Waals surface area contributed by atoms with E-state index in [1.54, 1.807) is 24.3 Å². The molecule has 3 aromatic rings. The first-order valence-electron chi connectivity index (χ1n) is 12.7. The summed E-state index contributed by atoms with van der Waals surface area (Å²) in [4.78, 5) is 26.1. The van der Waals surface area contributed by atoms with E-state index in [2.05, 4.69) is 17.6 Å². The molecule has 4 rings (SSSR count). The van der Waals surface area contributed by atoms with E-state index in [1.165, 1.54) is 6.26 Å². The van der Waals surface area contributed by atoms with Crippen LogP contribution in [0.25, 0.3) is 0 Å². The summed E-state index contributed by atoms with van der Waals surface area (Å²) in [5, 5.41) is 6.04. The molecule has 8 heteroatoms. The summed E-state index contributed by atoms with van der Waals surface area (Å²) in [7, 11) is -3.26. The fourth-order valence-electron chi connectivity index (χ4n) is 5.04. The molecule has 1 aliphatic rings. The first-order valence-corrected chi connectivity index (χ1v) is 14.6. The van der Waals surface area contributed by atoms with Crippen molar-refractivity contribution in [3.63, 3.8) is 0 Å². The summed E-state index contributed by atoms with van der Waals surface area (Å²) in [5.41, 5.74) is 2.38. The third kappa shape index (κ3) is 6.61. The molecular weight excluding hydrogens is 500 g/mol. The van der Waals surface area contributed by atoms with Gasteiger partial charge in [0.15, 0.2) is 9.84 Å². The van der Waals surface area contributed by atoms with Gasteiger partial charge in [0.25, 0.3) is 0 Å². The van der Waals surface area contributed by atoms with E-state index in [4.69, 9.17) is 4.74 Å². The maximum atomic E-state index is 13.0. The van der Waals surface area contributed by atoms with Gasteiger partial charge in [0, 0.05) is 18.7 Å². The number of rotatable bonds is 10. The maximum absolute atomic E-state index is 13.0. The first kappa shape index (κ1) is 27.4. The number of hydrogen-bond acceptors (Lipinski definition) is 5. The van der Waals surface area contributed by atoms with Crippen LogP contribution >= 0.6 is 0 Å².